The van der Waals surface area contributed by atoms with Gasteiger partial charge in [0.15, 0.2) is 0 Å². The first-order chi connectivity index (χ1) is 16.9. The van der Waals surface area contributed by atoms with Crippen LogP contribution in [0.1, 0.15) is 16.7 Å². The molecule has 3 aromatic carbocycles. The van der Waals surface area contributed by atoms with E-state index >= 15 is 0 Å². The van der Waals surface area contributed by atoms with E-state index in [0.29, 0.717) is 11.6 Å². The fourth-order valence-electron chi connectivity index (χ4n) is 3.02. The van der Waals surface area contributed by atoms with Gasteiger partial charge >= 0.3 is 0 Å². The summed E-state index contributed by atoms with van der Waals surface area (Å²) in [5.41, 5.74) is 7.42. The smallest absolute Gasteiger partial charge is 0.269 e. The Labute approximate surface area is 209 Å². The first-order valence-corrected chi connectivity index (χ1v) is 11.3. The molecule has 0 aliphatic carbocycles. The highest BCUT2D eigenvalue weighted by molar-refractivity contribution is 9.10. The van der Waals surface area contributed by atoms with Gasteiger partial charge in [0.05, 0.1) is 11.1 Å². The standard InChI is InChI=1S/C24H21BrN8O2/c1-15-7-8-19(13-16(15)2)28-23-29-22(27-18-9-11-20(12-10-18)33(34)35)30-24(31-23)32-26-14-17-5-3-4-6-21(17)25/h3-14H,1-2H3,(H3,27,28,29,30,31,32). The summed E-state index contributed by atoms with van der Waals surface area (Å²) in [6, 6.07) is 19.6. The molecular formula is C24H21BrN8O2. The van der Waals surface area contributed by atoms with Gasteiger partial charge < -0.3 is 10.6 Å². The van der Waals surface area contributed by atoms with Crippen LogP contribution in [-0.2, 0) is 0 Å². The highest BCUT2D eigenvalue weighted by atomic mass is 79.9. The first kappa shape index (κ1) is 23.8. The molecule has 1 heterocycles. The van der Waals surface area contributed by atoms with Crippen LogP contribution in [0.4, 0.5) is 34.9 Å². The number of hydrazone groups is 1. The van der Waals surface area contributed by atoms with Gasteiger partial charge in [0.1, 0.15) is 0 Å². The predicted octanol–water partition coefficient (Wildman–Crippen LogP) is 6.09. The Hall–Kier alpha value is -4.38. The van der Waals surface area contributed by atoms with E-state index in [0.717, 1.165) is 21.3 Å². The van der Waals surface area contributed by atoms with E-state index in [2.05, 4.69) is 52.0 Å². The number of anilines is 5. The lowest BCUT2D eigenvalue weighted by atomic mass is 10.1. The van der Waals surface area contributed by atoms with Crippen LogP contribution in [-0.4, -0.2) is 26.1 Å². The van der Waals surface area contributed by atoms with Gasteiger partial charge in [-0.15, -0.1) is 0 Å². The van der Waals surface area contributed by atoms with Crippen LogP contribution in [0.5, 0.6) is 0 Å². The van der Waals surface area contributed by atoms with Crippen molar-refractivity contribution in [2.75, 3.05) is 16.1 Å². The van der Waals surface area contributed by atoms with Crippen molar-refractivity contribution in [3.63, 3.8) is 0 Å². The summed E-state index contributed by atoms with van der Waals surface area (Å²) in [5, 5.41) is 21.4. The van der Waals surface area contributed by atoms with Crippen LogP contribution in [0.2, 0.25) is 0 Å². The number of nitrogens with zero attached hydrogens (tertiary/aromatic N) is 5. The zero-order chi connectivity index (χ0) is 24.8. The van der Waals surface area contributed by atoms with Crippen LogP contribution in [0.25, 0.3) is 0 Å². The quantitative estimate of drug-likeness (QED) is 0.141. The Morgan fingerprint density at radius 1 is 0.857 bits per heavy atom. The molecule has 0 radical (unpaired) electrons. The average Bonchev–Trinajstić information content (AvgIpc) is 2.83. The molecular weight excluding hydrogens is 512 g/mol. The number of nitro benzene ring substituents is 1. The van der Waals surface area contributed by atoms with Crippen LogP contribution >= 0.6 is 15.9 Å². The SMILES string of the molecule is Cc1ccc(Nc2nc(NN=Cc3ccccc3Br)nc(Nc3ccc([N+](=O)[O-])cc3)n2)cc1C. The molecule has 0 fully saturated rings. The Balaban J connectivity index is 1.60. The summed E-state index contributed by atoms with van der Waals surface area (Å²) < 4.78 is 0.902. The van der Waals surface area contributed by atoms with Crippen molar-refractivity contribution in [3.05, 3.63) is 98.0 Å². The lowest BCUT2D eigenvalue weighted by molar-refractivity contribution is -0.384. The zero-order valence-corrected chi connectivity index (χ0v) is 20.4. The predicted molar refractivity (Wildman–Crippen MR) is 141 cm³/mol. The number of aromatic nitrogens is 3. The summed E-state index contributed by atoms with van der Waals surface area (Å²) in [6.07, 6.45) is 1.65. The largest absolute Gasteiger partial charge is 0.324 e. The van der Waals surface area contributed by atoms with Gasteiger partial charge in [0.2, 0.25) is 17.8 Å². The third kappa shape index (κ3) is 6.36. The minimum atomic E-state index is -0.455. The van der Waals surface area contributed by atoms with Crippen LogP contribution in [0.15, 0.2) is 76.3 Å². The van der Waals surface area contributed by atoms with E-state index in [1.165, 1.54) is 17.7 Å². The number of nitro groups is 1. The van der Waals surface area contributed by atoms with Crippen molar-refractivity contribution in [2.45, 2.75) is 13.8 Å². The highest BCUT2D eigenvalue weighted by Gasteiger charge is 2.10. The van der Waals surface area contributed by atoms with Gasteiger partial charge in [-0.25, -0.2) is 5.43 Å². The number of hydrogen-bond donors (Lipinski definition) is 3. The van der Waals surface area contributed by atoms with Crippen LogP contribution in [0.3, 0.4) is 0 Å². The molecule has 176 valence electrons. The van der Waals surface area contributed by atoms with E-state index < -0.39 is 4.92 Å². The molecule has 0 saturated heterocycles. The molecule has 0 bridgehead atoms. The molecule has 3 N–H and O–H groups in total. The van der Waals surface area contributed by atoms with Gasteiger partial charge in [0.25, 0.3) is 5.69 Å². The second-order valence-corrected chi connectivity index (χ2v) is 8.41. The van der Waals surface area contributed by atoms with Gasteiger partial charge in [0, 0.05) is 33.5 Å². The van der Waals surface area contributed by atoms with E-state index in [1.807, 2.05) is 56.3 Å². The minimum absolute atomic E-state index is 0.00735. The number of rotatable bonds is 8. The van der Waals surface area contributed by atoms with Crippen molar-refractivity contribution in [2.24, 2.45) is 5.10 Å². The van der Waals surface area contributed by atoms with Gasteiger partial charge in [-0.05, 0) is 55.3 Å². The maximum absolute atomic E-state index is 10.9. The van der Waals surface area contributed by atoms with Crippen molar-refractivity contribution in [1.82, 2.24) is 15.0 Å². The van der Waals surface area contributed by atoms with E-state index in [-0.39, 0.29) is 17.6 Å². The third-order valence-corrected chi connectivity index (χ3v) is 5.73. The lowest BCUT2D eigenvalue weighted by Gasteiger charge is -2.11. The topological polar surface area (TPSA) is 130 Å². The summed E-state index contributed by atoms with van der Waals surface area (Å²) in [6.45, 7) is 4.07. The molecule has 0 atom stereocenters. The van der Waals surface area contributed by atoms with Crippen molar-refractivity contribution < 1.29 is 4.92 Å². The Bertz CT molecular complexity index is 1390. The van der Waals surface area contributed by atoms with Crippen molar-refractivity contribution in [1.29, 1.82) is 0 Å². The first-order valence-electron chi connectivity index (χ1n) is 10.5. The highest BCUT2D eigenvalue weighted by Crippen LogP contribution is 2.22. The fourth-order valence-corrected chi connectivity index (χ4v) is 3.41. The second-order valence-electron chi connectivity index (χ2n) is 7.55. The van der Waals surface area contributed by atoms with Gasteiger partial charge in [-0.1, -0.05) is 40.2 Å². The molecule has 0 saturated carbocycles. The number of hydrogen-bond acceptors (Lipinski definition) is 9. The maximum atomic E-state index is 10.9. The molecule has 0 aliphatic rings. The Kier molecular flexibility index (Phi) is 7.27. The van der Waals surface area contributed by atoms with Crippen LogP contribution in [0, 0.1) is 24.0 Å². The van der Waals surface area contributed by atoms with E-state index in [9.17, 15) is 10.1 Å². The number of non-ortho nitro benzene ring substituents is 1. The molecule has 0 spiro atoms. The molecule has 4 rings (SSSR count). The average molecular weight is 533 g/mol. The van der Waals surface area contributed by atoms with Gasteiger partial charge in [-0.3, -0.25) is 10.1 Å². The lowest BCUT2D eigenvalue weighted by Crippen LogP contribution is -2.07. The molecule has 0 amide bonds. The summed E-state index contributed by atoms with van der Waals surface area (Å²) in [7, 11) is 0. The third-order valence-electron chi connectivity index (χ3n) is 5.01. The number of nitrogens with one attached hydrogen (secondary N) is 3. The Morgan fingerprint density at radius 2 is 1.49 bits per heavy atom. The Morgan fingerprint density at radius 3 is 2.14 bits per heavy atom. The van der Waals surface area contributed by atoms with Crippen LogP contribution < -0.4 is 16.1 Å². The maximum Gasteiger partial charge on any atom is 0.269 e. The molecule has 1 aromatic heterocycles. The summed E-state index contributed by atoms with van der Waals surface area (Å²) in [4.78, 5) is 23.7. The monoisotopic (exact) mass is 532 g/mol. The molecule has 0 aliphatic heterocycles. The summed E-state index contributed by atoms with van der Waals surface area (Å²) in [5.74, 6) is 0.740. The summed E-state index contributed by atoms with van der Waals surface area (Å²) >= 11 is 3.48. The normalized spacial score (nSPS) is 10.8. The van der Waals surface area contributed by atoms with Crippen molar-refractivity contribution in [3.8, 4) is 0 Å². The number of halogens is 1. The second kappa shape index (κ2) is 10.7. The number of aryl methyl sites for hydroxylation is 2. The minimum Gasteiger partial charge on any atom is -0.324 e. The van der Waals surface area contributed by atoms with E-state index in [4.69, 9.17) is 0 Å². The van der Waals surface area contributed by atoms with E-state index in [1.54, 1.807) is 18.3 Å². The number of benzene rings is 3. The molecule has 10 nitrogen and oxygen atoms in total. The van der Waals surface area contributed by atoms with Gasteiger partial charge in [-0.2, -0.15) is 20.1 Å². The molecule has 0 unspecified atom stereocenters. The molecule has 35 heavy (non-hydrogen) atoms. The van der Waals surface area contributed by atoms with Crippen molar-refractivity contribution >= 4 is 57.1 Å². The molecule has 4 aromatic rings. The zero-order valence-electron chi connectivity index (χ0n) is 18.9. The molecule has 11 heteroatoms. The fraction of sp³-hybridized carbons (Fsp3) is 0.0833.